The lowest BCUT2D eigenvalue weighted by Crippen LogP contribution is -2.21. The van der Waals surface area contributed by atoms with E-state index in [-0.39, 0.29) is 11.6 Å². The Kier molecular flexibility index (Phi) is 3.09. The fourth-order valence-electron chi connectivity index (χ4n) is 1.04. The SMILES string of the molecule is CC(C)(C)c1cc(C(F)(F)F)nc(NN)n1. The number of alkyl halides is 3. The molecule has 0 bridgehead atoms. The lowest BCUT2D eigenvalue weighted by molar-refractivity contribution is -0.141. The summed E-state index contributed by atoms with van der Waals surface area (Å²) in [6, 6.07) is 0.931. The molecule has 1 aromatic rings. The summed E-state index contributed by atoms with van der Waals surface area (Å²) in [7, 11) is 0. The zero-order valence-corrected chi connectivity index (χ0v) is 9.18. The number of aromatic nitrogens is 2. The Bertz CT molecular complexity index is 349. The maximum atomic E-state index is 12.5. The Balaban J connectivity index is 3.33. The quantitative estimate of drug-likeness (QED) is 0.576. The van der Waals surface area contributed by atoms with Crippen LogP contribution in [0.15, 0.2) is 6.07 Å². The number of hydrogen-bond acceptors (Lipinski definition) is 4. The van der Waals surface area contributed by atoms with Gasteiger partial charge in [0.25, 0.3) is 0 Å². The molecule has 1 rings (SSSR count). The van der Waals surface area contributed by atoms with Crippen molar-refractivity contribution >= 4 is 5.95 Å². The lowest BCUT2D eigenvalue weighted by atomic mass is 9.91. The fourth-order valence-corrected chi connectivity index (χ4v) is 1.04. The van der Waals surface area contributed by atoms with Crippen molar-refractivity contribution in [3.63, 3.8) is 0 Å². The smallest absolute Gasteiger partial charge is 0.292 e. The van der Waals surface area contributed by atoms with Crippen molar-refractivity contribution in [1.29, 1.82) is 0 Å². The molecule has 0 spiro atoms. The van der Waals surface area contributed by atoms with Crippen LogP contribution in [0, 0.1) is 0 Å². The van der Waals surface area contributed by atoms with Crippen molar-refractivity contribution in [1.82, 2.24) is 9.97 Å². The van der Waals surface area contributed by atoms with Gasteiger partial charge in [-0.25, -0.2) is 15.8 Å². The first kappa shape index (κ1) is 12.7. The molecule has 0 fully saturated rings. The average molecular weight is 234 g/mol. The second-order valence-electron chi connectivity index (χ2n) is 4.35. The second-order valence-corrected chi connectivity index (χ2v) is 4.35. The van der Waals surface area contributed by atoms with Gasteiger partial charge in [-0.2, -0.15) is 13.2 Å². The van der Waals surface area contributed by atoms with E-state index in [1.807, 2.05) is 5.43 Å². The first-order valence-corrected chi connectivity index (χ1v) is 4.58. The van der Waals surface area contributed by atoms with Crippen LogP contribution in [-0.2, 0) is 11.6 Å². The van der Waals surface area contributed by atoms with Crippen molar-refractivity contribution in [2.45, 2.75) is 32.4 Å². The molecule has 0 radical (unpaired) electrons. The van der Waals surface area contributed by atoms with Gasteiger partial charge in [0, 0.05) is 5.41 Å². The van der Waals surface area contributed by atoms with Crippen LogP contribution < -0.4 is 11.3 Å². The number of nitrogens with one attached hydrogen (secondary N) is 1. The van der Waals surface area contributed by atoms with E-state index in [0.29, 0.717) is 0 Å². The minimum absolute atomic E-state index is 0.236. The summed E-state index contributed by atoms with van der Waals surface area (Å²) in [5, 5.41) is 0. The first-order valence-electron chi connectivity index (χ1n) is 4.58. The van der Waals surface area contributed by atoms with E-state index in [2.05, 4.69) is 9.97 Å². The highest BCUT2D eigenvalue weighted by Crippen LogP contribution is 2.31. The Morgan fingerprint density at radius 1 is 1.12 bits per heavy atom. The minimum atomic E-state index is -4.51. The highest BCUT2D eigenvalue weighted by atomic mass is 19.4. The number of halogens is 3. The molecule has 0 saturated carbocycles. The largest absolute Gasteiger partial charge is 0.433 e. The van der Waals surface area contributed by atoms with Crippen molar-refractivity contribution in [3.8, 4) is 0 Å². The molecule has 16 heavy (non-hydrogen) atoms. The van der Waals surface area contributed by atoms with Gasteiger partial charge in [0.05, 0.1) is 5.69 Å². The zero-order valence-electron chi connectivity index (χ0n) is 9.18. The number of rotatable bonds is 1. The third-order valence-corrected chi connectivity index (χ3v) is 1.91. The van der Waals surface area contributed by atoms with Crippen LogP contribution in [0.4, 0.5) is 19.1 Å². The van der Waals surface area contributed by atoms with Crippen molar-refractivity contribution in [3.05, 3.63) is 17.5 Å². The van der Waals surface area contributed by atoms with Crippen molar-refractivity contribution < 1.29 is 13.2 Å². The first-order chi connectivity index (χ1) is 7.14. The van der Waals surface area contributed by atoms with Gasteiger partial charge < -0.3 is 0 Å². The van der Waals surface area contributed by atoms with Crippen LogP contribution >= 0.6 is 0 Å². The summed E-state index contributed by atoms with van der Waals surface area (Å²) in [6.07, 6.45) is -4.51. The number of nitrogens with two attached hydrogens (primary N) is 1. The summed E-state index contributed by atoms with van der Waals surface area (Å²) >= 11 is 0. The van der Waals surface area contributed by atoms with Gasteiger partial charge in [0.2, 0.25) is 5.95 Å². The van der Waals surface area contributed by atoms with Gasteiger partial charge in [0.15, 0.2) is 0 Å². The van der Waals surface area contributed by atoms with E-state index in [1.54, 1.807) is 20.8 Å². The summed E-state index contributed by atoms with van der Waals surface area (Å²) in [4.78, 5) is 7.15. The number of hydrazine groups is 1. The van der Waals surface area contributed by atoms with Gasteiger partial charge >= 0.3 is 6.18 Å². The normalized spacial score (nSPS) is 12.7. The monoisotopic (exact) mass is 234 g/mol. The molecule has 0 aliphatic heterocycles. The van der Waals surface area contributed by atoms with Crippen LogP contribution in [0.1, 0.15) is 32.2 Å². The molecule has 1 heterocycles. The predicted molar refractivity (Wildman–Crippen MR) is 53.5 cm³/mol. The summed E-state index contributed by atoms with van der Waals surface area (Å²) in [5.74, 6) is 4.80. The molecule has 0 aliphatic rings. The highest BCUT2D eigenvalue weighted by molar-refractivity contribution is 5.30. The van der Waals surface area contributed by atoms with E-state index in [1.165, 1.54) is 0 Å². The molecule has 0 atom stereocenters. The standard InChI is InChI=1S/C9H13F3N4/c1-8(2,3)5-4-6(9(10,11)12)15-7(14-5)16-13/h4H,13H2,1-3H3,(H,14,15,16). The number of nitrogens with zero attached hydrogens (tertiary/aromatic N) is 2. The Morgan fingerprint density at radius 2 is 1.62 bits per heavy atom. The van der Waals surface area contributed by atoms with Crippen LogP contribution in [-0.4, -0.2) is 9.97 Å². The number of nitrogen functional groups attached to an aromatic ring is 1. The van der Waals surface area contributed by atoms with Gasteiger partial charge in [0.1, 0.15) is 5.69 Å². The van der Waals surface area contributed by atoms with Crippen LogP contribution in [0.2, 0.25) is 0 Å². The second kappa shape index (κ2) is 3.89. The van der Waals surface area contributed by atoms with Gasteiger partial charge in [-0.3, -0.25) is 5.43 Å². The summed E-state index contributed by atoms with van der Waals surface area (Å²) < 4.78 is 37.5. The van der Waals surface area contributed by atoms with Crippen LogP contribution in [0.3, 0.4) is 0 Å². The van der Waals surface area contributed by atoms with E-state index < -0.39 is 17.3 Å². The minimum Gasteiger partial charge on any atom is -0.292 e. The van der Waals surface area contributed by atoms with Gasteiger partial charge in [-0.05, 0) is 6.07 Å². The lowest BCUT2D eigenvalue weighted by Gasteiger charge is -2.19. The fraction of sp³-hybridized carbons (Fsp3) is 0.556. The Morgan fingerprint density at radius 3 is 2.00 bits per heavy atom. The van der Waals surface area contributed by atoms with Crippen LogP contribution in [0.25, 0.3) is 0 Å². The molecule has 0 aromatic carbocycles. The zero-order chi connectivity index (χ0) is 12.6. The molecule has 1 aromatic heterocycles. The molecule has 3 N–H and O–H groups in total. The molecule has 90 valence electrons. The maximum absolute atomic E-state index is 12.5. The molecular weight excluding hydrogens is 221 g/mol. The van der Waals surface area contributed by atoms with Crippen molar-refractivity contribution in [2.24, 2.45) is 5.84 Å². The molecule has 0 saturated heterocycles. The Labute approximate surface area is 91.1 Å². The van der Waals surface area contributed by atoms with E-state index in [0.717, 1.165) is 6.07 Å². The predicted octanol–water partition coefficient (Wildman–Crippen LogP) is 2.08. The topological polar surface area (TPSA) is 63.8 Å². The number of anilines is 1. The van der Waals surface area contributed by atoms with E-state index in [9.17, 15) is 13.2 Å². The maximum Gasteiger partial charge on any atom is 0.433 e. The third kappa shape index (κ3) is 2.82. The summed E-state index contributed by atoms with van der Waals surface area (Å²) in [6.45, 7) is 5.28. The average Bonchev–Trinajstić information content (AvgIpc) is 2.14. The van der Waals surface area contributed by atoms with Crippen molar-refractivity contribution in [2.75, 3.05) is 5.43 Å². The molecule has 7 heteroatoms. The molecule has 4 nitrogen and oxygen atoms in total. The molecular formula is C9H13F3N4. The highest BCUT2D eigenvalue weighted by Gasteiger charge is 2.34. The molecule has 0 unspecified atom stereocenters. The van der Waals surface area contributed by atoms with E-state index in [4.69, 9.17) is 5.84 Å². The molecule has 0 aliphatic carbocycles. The summed E-state index contributed by atoms with van der Waals surface area (Å²) in [5.41, 5.74) is 0.805. The third-order valence-electron chi connectivity index (χ3n) is 1.91. The number of hydrogen-bond donors (Lipinski definition) is 2. The van der Waals surface area contributed by atoms with Gasteiger partial charge in [-0.15, -0.1) is 0 Å². The van der Waals surface area contributed by atoms with Crippen LogP contribution in [0.5, 0.6) is 0 Å². The van der Waals surface area contributed by atoms with E-state index >= 15 is 0 Å². The Hall–Kier alpha value is -1.37. The van der Waals surface area contributed by atoms with Gasteiger partial charge in [-0.1, -0.05) is 20.8 Å². The molecule has 0 amide bonds.